The molecule has 1 fully saturated rings. The molecule has 2 heterocycles. The first-order chi connectivity index (χ1) is 17.5. The van der Waals surface area contributed by atoms with Crippen LogP contribution < -0.4 is 4.90 Å². The molecule has 8 nitrogen and oxygen atoms in total. The Bertz CT molecular complexity index is 1200. The molecule has 3 amide bonds. The van der Waals surface area contributed by atoms with Crippen LogP contribution in [-0.2, 0) is 22.0 Å². The standard InChI is InChI=1S/C22H20F3N5O3S.C2H6/c23-18-12-15(20-27-28-21(33-20)19(24)25)6-7-16(18)13-30(17-4-2-1-3-5-17)22(32)29-8-10-34(11-9-29)26-14-31;1-2/h1-7,12,14,19H,8-11,13H2;1-2H3. The fraction of sp³-hybridized carbons (Fsp3) is 0.333. The minimum Gasteiger partial charge on any atom is -0.415 e. The third kappa shape index (κ3) is 6.56. The van der Waals surface area contributed by atoms with E-state index in [0.717, 1.165) is 6.07 Å². The summed E-state index contributed by atoms with van der Waals surface area (Å²) in [6.45, 7) is 4.82. The van der Waals surface area contributed by atoms with E-state index in [2.05, 4.69) is 14.6 Å². The molecule has 0 unspecified atom stereocenters. The lowest BCUT2D eigenvalue weighted by molar-refractivity contribution is -0.106. The van der Waals surface area contributed by atoms with Gasteiger partial charge in [-0.15, -0.1) is 10.2 Å². The van der Waals surface area contributed by atoms with Gasteiger partial charge < -0.3 is 9.32 Å². The Balaban J connectivity index is 0.00000176. The van der Waals surface area contributed by atoms with Crippen molar-refractivity contribution in [3.05, 3.63) is 65.8 Å². The van der Waals surface area contributed by atoms with Crippen LogP contribution in [0.3, 0.4) is 0 Å². The van der Waals surface area contributed by atoms with Crippen LogP contribution in [0, 0.1) is 5.82 Å². The summed E-state index contributed by atoms with van der Waals surface area (Å²) in [4.78, 5) is 27.1. The summed E-state index contributed by atoms with van der Waals surface area (Å²) < 4.78 is 49.2. The molecule has 192 valence electrons. The number of hydrogen-bond acceptors (Lipinski definition) is 5. The van der Waals surface area contributed by atoms with Gasteiger partial charge in [0.2, 0.25) is 12.3 Å². The van der Waals surface area contributed by atoms with Crippen LogP contribution in [0.1, 0.15) is 31.7 Å². The van der Waals surface area contributed by atoms with Gasteiger partial charge in [0.1, 0.15) is 5.82 Å². The van der Waals surface area contributed by atoms with Crippen LogP contribution in [-0.4, -0.2) is 52.1 Å². The molecule has 0 aliphatic carbocycles. The van der Waals surface area contributed by atoms with E-state index in [1.54, 1.807) is 29.2 Å². The van der Waals surface area contributed by atoms with E-state index in [1.807, 2.05) is 19.9 Å². The van der Waals surface area contributed by atoms with Crippen molar-refractivity contribution in [1.29, 1.82) is 0 Å². The van der Waals surface area contributed by atoms with Crippen molar-refractivity contribution in [2.24, 2.45) is 4.36 Å². The quantitative estimate of drug-likeness (QED) is 0.414. The lowest BCUT2D eigenvalue weighted by atomic mass is 10.1. The number of aromatic nitrogens is 2. The summed E-state index contributed by atoms with van der Waals surface area (Å²) in [6.07, 6.45) is -2.38. The maximum absolute atomic E-state index is 15.0. The molecule has 1 aliphatic heterocycles. The monoisotopic (exact) mass is 521 g/mol. The zero-order valence-corrected chi connectivity index (χ0v) is 20.6. The third-order valence-electron chi connectivity index (χ3n) is 5.21. The van der Waals surface area contributed by atoms with E-state index in [1.165, 1.54) is 17.0 Å². The Hall–Kier alpha value is -3.54. The van der Waals surface area contributed by atoms with Gasteiger partial charge in [-0.25, -0.2) is 9.18 Å². The number of rotatable bonds is 6. The second-order valence-electron chi connectivity index (χ2n) is 7.33. The number of benzene rings is 2. The number of urea groups is 1. The Morgan fingerprint density at radius 2 is 1.86 bits per heavy atom. The van der Waals surface area contributed by atoms with E-state index in [0.29, 0.717) is 36.7 Å². The highest BCUT2D eigenvalue weighted by molar-refractivity contribution is 7.87. The van der Waals surface area contributed by atoms with Crippen molar-refractivity contribution >= 4 is 28.8 Å². The molecule has 0 atom stereocenters. The molecule has 1 aliphatic rings. The summed E-state index contributed by atoms with van der Waals surface area (Å²) in [5.41, 5.74) is 0.971. The summed E-state index contributed by atoms with van der Waals surface area (Å²) in [6, 6.07) is 12.6. The molecule has 2 aromatic carbocycles. The molecule has 0 spiro atoms. The highest BCUT2D eigenvalue weighted by Crippen LogP contribution is 2.26. The lowest BCUT2D eigenvalue weighted by Crippen LogP contribution is -2.48. The molecule has 0 bridgehead atoms. The zero-order chi connectivity index (χ0) is 26.1. The number of anilines is 1. The summed E-state index contributed by atoms with van der Waals surface area (Å²) >= 11 is 0. The molecule has 0 N–H and O–H groups in total. The molecule has 36 heavy (non-hydrogen) atoms. The largest absolute Gasteiger partial charge is 0.415 e. The van der Waals surface area contributed by atoms with Crippen molar-refractivity contribution in [1.82, 2.24) is 15.1 Å². The van der Waals surface area contributed by atoms with Crippen LogP contribution in [0.4, 0.5) is 23.7 Å². The van der Waals surface area contributed by atoms with Crippen molar-refractivity contribution in [2.45, 2.75) is 26.8 Å². The number of amides is 3. The number of alkyl halides is 2. The van der Waals surface area contributed by atoms with Crippen molar-refractivity contribution in [2.75, 3.05) is 29.5 Å². The smallest absolute Gasteiger partial charge is 0.324 e. The van der Waals surface area contributed by atoms with Crippen LogP contribution in [0.2, 0.25) is 0 Å². The summed E-state index contributed by atoms with van der Waals surface area (Å²) in [5.74, 6) is -0.512. The zero-order valence-electron chi connectivity index (χ0n) is 19.8. The third-order valence-corrected chi connectivity index (χ3v) is 6.90. The number of para-hydroxylation sites is 1. The molecular formula is C24H26F3N5O3S. The molecule has 12 heteroatoms. The second-order valence-corrected chi connectivity index (χ2v) is 9.28. The maximum Gasteiger partial charge on any atom is 0.324 e. The average Bonchev–Trinajstić information content (AvgIpc) is 3.41. The molecule has 0 saturated carbocycles. The van der Waals surface area contributed by atoms with Crippen LogP contribution in [0.25, 0.3) is 11.5 Å². The van der Waals surface area contributed by atoms with E-state index in [-0.39, 0.29) is 40.3 Å². The summed E-state index contributed by atoms with van der Waals surface area (Å²) in [5, 5.41) is 6.78. The van der Waals surface area contributed by atoms with Gasteiger partial charge in [0, 0.05) is 41.4 Å². The summed E-state index contributed by atoms with van der Waals surface area (Å²) in [7, 11) is -0.386. The van der Waals surface area contributed by atoms with Crippen LogP contribution >= 0.6 is 0 Å². The van der Waals surface area contributed by atoms with Gasteiger partial charge in [-0.3, -0.25) is 9.69 Å². The van der Waals surface area contributed by atoms with Gasteiger partial charge in [0.25, 0.3) is 5.89 Å². The molecule has 0 radical (unpaired) electrons. The predicted molar refractivity (Wildman–Crippen MR) is 131 cm³/mol. The van der Waals surface area contributed by atoms with Crippen molar-refractivity contribution in [3.63, 3.8) is 0 Å². The topological polar surface area (TPSA) is 91.9 Å². The number of nitrogens with zero attached hydrogens (tertiary/aromatic N) is 5. The number of carbonyl (C=O) groups is 2. The fourth-order valence-corrected chi connectivity index (χ4v) is 4.87. The molecule has 3 aromatic rings. The first-order valence-electron chi connectivity index (χ1n) is 11.3. The van der Waals surface area contributed by atoms with Gasteiger partial charge >= 0.3 is 12.5 Å². The predicted octanol–water partition coefficient (Wildman–Crippen LogP) is 5.24. The Morgan fingerprint density at radius 1 is 1.17 bits per heavy atom. The van der Waals surface area contributed by atoms with E-state index < -0.39 is 18.1 Å². The van der Waals surface area contributed by atoms with E-state index in [4.69, 9.17) is 4.42 Å². The van der Waals surface area contributed by atoms with Gasteiger partial charge in [0.15, 0.2) is 0 Å². The highest BCUT2D eigenvalue weighted by Gasteiger charge is 2.26. The van der Waals surface area contributed by atoms with Crippen LogP contribution in [0.5, 0.6) is 0 Å². The Kier molecular flexibility index (Phi) is 9.74. The van der Waals surface area contributed by atoms with Gasteiger partial charge in [-0.1, -0.05) is 48.8 Å². The van der Waals surface area contributed by atoms with E-state index in [9.17, 15) is 22.8 Å². The molecule has 1 saturated heterocycles. The fourth-order valence-electron chi connectivity index (χ4n) is 3.47. The maximum atomic E-state index is 15.0. The van der Waals surface area contributed by atoms with Gasteiger partial charge in [-0.2, -0.15) is 13.1 Å². The van der Waals surface area contributed by atoms with Gasteiger partial charge in [-0.05, 0) is 24.3 Å². The van der Waals surface area contributed by atoms with E-state index >= 15 is 0 Å². The first kappa shape index (κ1) is 27.1. The minimum atomic E-state index is -2.92. The van der Waals surface area contributed by atoms with Gasteiger partial charge in [0.05, 0.1) is 6.54 Å². The Labute approximate surface area is 209 Å². The molecular weight excluding hydrogens is 495 g/mol. The lowest BCUT2D eigenvalue weighted by Gasteiger charge is -2.33. The van der Waals surface area contributed by atoms with Crippen LogP contribution in [0.15, 0.2) is 57.3 Å². The number of halogens is 3. The SMILES string of the molecule is CC.O=CN=S1CCN(C(=O)N(Cc2ccc(-c3nnc(C(F)F)o3)cc2F)c2ccccc2)CC1. The first-order valence-corrected chi connectivity index (χ1v) is 12.8. The average molecular weight is 522 g/mol. The van der Waals surface area contributed by atoms with Crippen molar-refractivity contribution < 1.29 is 27.2 Å². The minimum absolute atomic E-state index is 0.0536. The molecule has 1 aromatic heterocycles. The molecule has 4 rings (SSSR count). The highest BCUT2D eigenvalue weighted by atomic mass is 32.2. The Morgan fingerprint density at radius 3 is 2.44 bits per heavy atom. The number of hydrogen-bond donors (Lipinski definition) is 0. The van der Waals surface area contributed by atoms with Crippen molar-refractivity contribution in [3.8, 4) is 11.5 Å². The number of carbonyl (C=O) groups excluding carboxylic acids is 2. The second kappa shape index (κ2) is 13.0. The normalized spacial score (nSPS) is 13.7.